The molecular formula is C22H19N5O2. The first-order valence-electron chi connectivity index (χ1n) is 9.18. The van der Waals surface area contributed by atoms with Crippen LogP contribution in [-0.2, 0) is 0 Å². The summed E-state index contributed by atoms with van der Waals surface area (Å²) >= 11 is 0. The Kier molecular flexibility index (Phi) is 5.36. The number of rotatable bonds is 6. The van der Waals surface area contributed by atoms with Gasteiger partial charge in [0.05, 0.1) is 23.9 Å². The highest BCUT2D eigenvalue weighted by atomic mass is 16.5. The molecule has 0 bridgehead atoms. The fourth-order valence-electron chi connectivity index (χ4n) is 3.03. The van der Waals surface area contributed by atoms with E-state index in [4.69, 9.17) is 4.74 Å². The van der Waals surface area contributed by atoms with E-state index in [-0.39, 0.29) is 0 Å². The molecule has 0 saturated carbocycles. The molecule has 3 aromatic rings. The van der Waals surface area contributed by atoms with E-state index in [1.807, 2.05) is 59.6 Å². The highest BCUT2D eigenvalue weighted by molar-refractivity contribution is 5.58. The average molecular weight is 385 g/mol. The molecule has 0 saturated heterocycles. The second-order valence-electron chi connectivity index (χ2n) is 6.55. The molecular weight excluding hydrogens is 366 g/mol. The van der Waals surface area contributed by atoms with Crippen LogP contribution in [0.15, 0.2) is 85.0 Å². The van der Waals surface area contributed by atoms with Gasteiger partial charge in [0, 0.05) is 6.07 Å². The van der Waals surface area contributed by atoms with Gasteiger partial charge in [0.15, 0.2) is 0 Å². The van der Waals surface area contributed by atoms with E-state index in [2.05, 4.69) is 16.3 Å². The molecule has 29 heavy (non-hydrogen) atoms. The quantitative estimate of drug-likeness (QED) is 0.699. The van der Waals surface area contributed by atoms with E-state index in [1.54, 1.807) is 29.5 Å². The molecule has 4 rings (SSSR count). The first kappa shape index (κ1) is 18.5. The summed E-state index contributed by atoms with van der Waals surface area (Å²) in [6.07, 6.45) is 9.06. The van der Waals surface area contributed by atoms with Crippen molar-refractivity contribution in [2.75, 3.05) is 11.6 Å². The number of hydrogen-bond donors (Lipinski definition) is 1. The Morgan fingerprint density at radius 1 is 1.17 bits per heavy atom. The van der Waals surface area contributed by atoms with Gasteiger partial charge in [-0.25, -0.2) is 4.68 Å². The van der Waals surface area contributed by atoms with Gasteiger partial charge in [0.25, 0.3) is 0 Å². The van der Waals surface area contributed by atoms with Crippen molar-refractivity contribution < 1.29 is 9.84 Å². The Balaban J connectivity index is 1.68. The minimum absolute atomic E-state index is 0.442. The number of para-hydroxylation sites is 1. The number of benzene rings is 2. The molecule has 1 atom stereocenters. The van der Waals surface area contributed by atoms with Crippen LogP contribution >= 0.6 is 0 Å². The van der Waals surface area contributed by atoms with Crippen molar-refractivity contribution in [1.29, 1.82) is 5.26 Å². The Morgan fingerprint density at radius 3 is 2.66 bits per heavy atom. The number of aromatic nitrogens is 3. The molecule has 7 heteroatoms. The summed E-state index contributed by atoms with van der Waals surface area (Å²) in [5.41, 5.74) is 2.32. The largest absolute Gasteiger partial charge is 0.456 e. The molecule has 144 valence electrons. The molecule has 1 unspecified atom stereocenters. The van der Waals surface area contributed by atoms with Gasteiger partial charge in [-0.05, 0) is 36.3 Å². The zero-order valence-electron chi connectivity index (χ0n) is 15.6. The van der Waals surface area contributed by atoms with Crippen LogP contribution in [-0.4, -0.2) is 32.6 Å². The van der Waals surface area contributed by atoms with Crippen LogP contribution in [0.3, 0.4) is 0 Å². The third-order valence-corrected chi connectivity index (χ3v) is 4.53. The number of hydrogen-bond acceptors (Lipinski definition) is 6. The van der Waals surface area contributed by atoms with Gasteiger partial charge >= 0.3 is 0 Å². The summed E-state index contributed by atoms with van der Waals surface area (Å²) in [5.74, 6) is 1.13. The van der Waals surface area contributed by atoms with Crippen molar-refractivity contribution in [2.24, 2.45) is 0 Å². The van der Waals surface area contributed by atoms with E-state index in [0.29, 0.717) is 30.0 Å². The number of nitrogens with zero attached hydrogens (tertiary/aromatic N) is 5. The Bertz CT molecular complexity index is 1070. The summed E-state index contributed by atoms with van der Waals surface area (Å²) in [7, 11) is 0. The number of nitriles is 1. The van der Waals surface area contributed by atoms with E-state index < -0.39 is 6.10 Å². The molecule has 0 radical (unpaired) electrons. The number of anilines is 1. The number of aliphatic hydroxyl groups excluding tert-OH is 1. The van der Waals surface area contributed by atoms with Gasteiger partial charge in [0.1, 0.15) is 30.2 Å². The van der Waals surface area contributed by atoms with Crippen LogP contribution in [0.4, 0.5) is 5.69 Å². The van der Waals surface area contributed by atoms with E-state index >= 15 is 0 Å². The molecule has 1 aliphatic rings. The second kappa shape index (κ2) is 8.42. The lowest BCUT2D eigenvalue weighted by atomic mass is 10.0. The molecule has 1 aromatic heterocycles. The summed E-state index contributed by atoms with van der Waals surface area (Å²) in [6.45, 7) is 0.540. The number of ether oxygens (including phenoxy) is 1. The van der Waals surface area contributed by atoms with Crippen LogP contribution in [0.25, 0.3) is 0 Å². The molecule has 7 nitrogen and oxygen atoms in total. The molecule has 0 aliphatic heterocycles. The first-order chi connectivity index (χ1) is 14.2. The van der Waals surface area contributed by atoms with Gasteiger partial charge in [-0.1, -0.05) is 36.4 Å². The van der Waals surface area contributed by atoms with Crippen molar-refractivity contribution in [2.45, 2.75) is 12.5 Å². The highest BCUT2D eigenvalue weighted by Gasteiger charge is 2.16. The van der Waals surface area contributed by atoms with E-state index in [9.17, 15) is 10.4 Å². The number of aliphatic hydroxyl groups is 1. The maximum absolute atomic E-state index is 9.68. The Labute approximate surface area is 168 Å². The summed E-state index contributed by atoms with van der Waals surface area (Å²) in [4.78, 5) is 0. The molecule has 1 aliphatic carbocycles. The summed E-state index contributed by atoms with van der Waals surface area (Å²) in [6, 6.07) is 17.0. The van der Waals surface area contributed by atoms with E-state index in [0.717, 1.165) is 11.3 Å². The van der Waals surface area contributed by atoms with Crippen LogP contribution in [0, 0.1) is 11.3 Å². The SMILES string of the molecule is N#Cc1ccc(N(CC2=CCC(O)C=C2)n2cnnc2)cc1Oc1ccccc1. The topological polar surface area (TPSA) is 87.2 Å². The zero-order valence-corrected chi connectivity index (χ0v) is 15.6. The van der Waals surface area contributed by atoms with Gasteiger partial charge < -0.3 is 9.84 Å². The highest BCUT2D eigenvalue weighted by Crippen LogP contribution is 2.30. The van der Waals surface area contributed by atoms with Crippen molar-refractivity contribution in [3.63, 3.8) is 0 Å². The standard InChI is InChI=1S/C22H19N5O2/c23-13-18-8-9-19(12-22(18)29-21-4-2-1-3-5-21)27(26-15-24-25-16-26)14-17-6-10-20(28)11-7-17/h1-10,12,15-16,20,28H,11,14H2. The normalized spacial score (nSPS) is 15.4. The van der Waals surface area contributed by atoms with Crippen LogP contribution in [0.1, 0.15) is 12.0 Å². The van der Waals surface area contributed by atoms with Crippen LogP contribution < -0.4 is 9.75 Å². The fraction of sp³-hybridized carbons (Fsp3) is 0.136. The molecule has 1 heterocycles. The van der Waals surface area contributed by atoms with Gasteiger partial charge in [-0.3, -0.25) is 5.01 Å². The lowest BCUT2D eigenvalue weighted by molar-refractivity contribution is 0.225. The van der Waals surface area contributed by atoms with Crippen LogP contribution in [0.5, 0.6) is 11.5 Å². The maximum Gasteiger partial charge on any atom is 0.147 e. The zero-order chi connectivity index (χ0) is 20.1. The molecule has 2 aromatic carbocycles. The monoisotopic (exact) mass is 385 g/mol. The minimum Gasteiger partial charge on any atom is -0.456 e. The maximum atomic E-state index is 9.68. The predicted octanol–water partition coefficient (Wildman–Crippen LogP) is 3.46. The fourth-order valence-corrected chi connectivity index (χ4v) is 3.03. The van der Waals surface area contributed by atoms with Crippen molar-refractivity contribution in [3.05, 3.63) is 90.6 Å². The van der Waals surface area contributed by atoms with E-state index in [1.165, 1.54) is 0 Å². The lowest BCUT2D eigenvalue weighted by Crippen LogP contribution is -2.30. The predicted molar refractivity (Wildman–Crippen MR) is 108 cm³/mol. The average Bonchev–Trinajstić information content (AvgIpc) is 3.29. The lowest BCUT2D eigenvalue weighted by Gasteiger charge is -2.27. The second-order valence-corrected chi connectivity index (χ2v) is 6.55. The molecule has 0 spiro atoms. The van der Waals surface area contributed by atoms with Gasteiger partial charge in [-0.2, -0.15) is 5.26 Å². The third kappa shape index (κ3) is 4.34. The summed E-state index contributed by atoms with van der Waals surface area (Å²) < 4.78 is 7.73. The smallest absolute Gasteiger partial charge is 0.147 e. The molecule has 0 fully saturated rings. The van der Waals surface area contributed by atoms with Crippen molar-refractivity contribution >= 4 is 5.69 Å². The Hall–Kier alpha value is -3.89. The third-order valence-electron chi connectivity index (χ3n) is 4.53. The van der Waals surface area contributed by atoms with Crippen molar-refractivity contribution in [3.8, 4) is 17.6 Å². The minimum atomic E-state index is -0.442. The molecule has 1 N–H and O–H groups in total. The van der Waals surface area contributed by atoms with Gasteiger partial charge in [-0.15, -0.1) is 10.2 Å². The first-order valence-corrected chi connectivity index (χ1v) is 9.18. The van der Waals surface area contributed by atoms with Gasteiger partial charge in [0.2, 0.25) is 0 Å². The van der Waals surface area contributed by atoms with Crippen molar-refractivity contribution in [1.82, 2.24) is 14.9 Å². The van der Waals surface area contributed by atoms with Crippen LogP contribution in [0.2, 0.25) is 0 Å². The molecule has 0 amide bonds. The Morgan fingerprint density at radius 2 is 1.97 bits per heavy atom. The summed E-state index contributed by atoms with van der Waals surface area (Å²) in [5, 5.41) is 28.9.